The fourth-order valence-electron chi connectivity index (χ4n) is 2.18. The monoisotopic (exact) mass is 242 g/mol. The largest absolute Gasteiger partial charge is 0.350 e. The number of benzene rings is 1. The van der Waals surface area contributed by atoms with Gasteiger partial charge in [-0.2, -0.15) is 4.98 Å². The third-order valence-corrected chi connectivity index (χ3v) is 3.09. The molecule has 0 amide bonds. The van der Waals surface area contributed by atoms with Gasteiger partial charge in [-0.25, -0.2) is 0 Å². The zero-order valence-corrected chi connectivity index (χ0v) is 10.3. The lowest BCUT2D eigenvalue weighted by Gasteiger charge is -1.98. The van der Waals surface area contributed by atoms with E-state index < -0.39 is 0 Å². The molecular formula is C13H14N4O. The number of hydrogen-bond acceptors (Lipinski definition) is 4. The van der Waals surface area contributed by atoms with E-state index in [0.717, 1.165) is 5.56 Å². The highest BCUT2D eigenvalue weighted by Gasteiger charge is 2.10. The average Bonchev–Trinajstić information content (AvgIpc) is 2.95. The van der Waals surface area contributed by atoms with E-state index in [2.05, 4.69) is 40.0 Å². The molecule has 0 bridgehead atoms. The summed E-state index contributed by atoms with van der Waals surface area (Å²) in [6, 6.07) is 6.14. The average molecular weight is 242 g/mol. The Morgan fingerprint density at radius 3 is 2.94 bits per heavy atom. The van der Waals surface area contributed by atoms with Gasteiger partial charge in [0.25, 0.3) is 0 Å². The van der Waals surface area contributed by atoms with Crippen LogP contribution < -0.4 is 5.73 Å². The molecule has 3 aromatic rings. The van der Waals surface area contributed by atoms with Crippen LogP contribution in [0.2, 0.25) is 0 Å². The van der Waals surface area contributed by atoms with Gasteiger partial charge in [0.05, 0.1) is 6.54 Å². The van der Waals surface area contributed by atoms with E-state index in [1.807, 2.05) is 13.1 Å². The molecule has 0 aliphatic rings. The summed E-state index contributed by atoms with van der Waals surface area (Å²) < 4.78 is 7.13. The second-order valence-corrected chi connectivity index (χ2v) is 4.37. The zero-order valence-electron chi connectivity index (χ0n) is 10.3. The van der Waals surface area contributed by atoms with Crippen LogP contribution in [0.3, 0.4) is 0 Å². The molecule has 0 saturated carbocycles. The van der Waals surface area contributed by atoms with Gasteiger partial charge in [0.15, 0.2) is 0 Å². The summed E-state index contributed by atoms with van der Waals surface area (Å²) >= 11 is 0. The fraction of sp³-hybridized carbons (Fsp3) is 0.231. The predicted octanol–water partition coefficient (Wildman–Crippen LogP) is 2.00. The van der Waals surface area contributed by atoms with Crippen molar-refractivity contribution in [1.82, 2.24) is 14.7 Å². The van der Waals surface area contributed by atoms with Gasteiger partial charge in [0, 0.05) is 29.7 Å². The van der Waals surface area contributed by atoms with Crippen molar-refractivity contribution in [3.63, 3.8) is 0 Å². The van der Waals surface area contributed by atoms with Gasteiger partial charge in [0.1, 0.15) is 0 Å². The van der Waals surface area contributed by atoms with Crippen molar-refractivity contribution in [2.75, 3.05) is 0 Å². The Kier molecular flexibility index (Phi) is 2.41. The van der Waals surface area contributed by atoms with Gasteiger partial charge < -0.3 is 14.8 Å². The molecule has 92 valence electrons. The molecule has 0 unspecified atom stereocenters. The fourth-order valence-corrected chi connectivity index (χ4v) is 2.18. The summed E-state index contributed by atoms with van der Waals surface area (Å²) in [6.45, 7) is 2.35. The second kappa shape index (κ2) is 3.96. The highest BCUT2D eigenvalue weighted by molar-refractivity contribution is 5.87. The van der Waals surface area contributed by atoms with E-state index in [-0.39, 0.29) is 6.54 Å². The van der Waals surface area contributed by atoms with Gasteiger partial charge in [0.2, 0.25) is 11.7 Å². The maximum absolute atomic E-state index is 5.46. The lowest BCUT2D eigenvalue weighted by molar-refractivity contribution is 0.380. The van der Waals surface area contributed by atoms with E-state index in [1.165, 1.54) is 16.5 Å². The molecule has 2 heterocycles. The maximum atomic E-state index is 5.46. The Labute approximate surface area is 104 Å². The van der Waals surface area contributed by atoms with E-state index in [4.69, 9.17) is 10.3 Å². The summed E-state index contributed by atoms with van der Waals surface area (Å²) in [5.74, 6) is 1.04. The van der Waals surface area contributed by atoms with Crippen molar-refractivity contribution >= 4 is 10.9 Å². The molecule has 0 saturated heterocycles. The van der Waals surface area contributed by atoms with Crippen LogP contribution >= 0.6 is 0 Å². The number of nitrogens with two attached hydrogens (primary N) is 1. The van der Waals surface area contributed by atoms with Crippen molar-refractivity contribution in [3.05, 3.63) is 35.9 Å². The Hall–Kier alpha value is -2.14. The summed E-state index contributed by atoms with van der Waals surface area (Å²) in [5.41, 5.74) is 8.83. The summed E-state index contributed by atoms with van der Waals surface area (Å²) in [7, 11) is 2.04. The highest BCUT2D eigenvalue weighted by Crippen LogP contribution is 2.25. The molecule has 0 atom stereocenters. The van der Waals surface area contributed by atoms with Crippen molar-refractivity contribution in [3.8, 4) is 11.4 Å². The van der Waals surface area contributed by atoms with Crippen LogP contribution in [0.25, 0.3) is 22.3 Å². The molecule has 3 rings (SSSR count). The SMILES string of the molecule is Cc1cn(C)c2ccc(-c3noc(CN)n3)cc12. The normalized spacial score (nSPS) is 11.3. The predicted molar refractivity (Wildman–Crippen MR) is 68.8 cm³/mol. The quantitative estimate of drug-likeness (QED) is 0.746. The van der Waals surface area contributed by atoms with Crippen LogP contribution in [0.4, 0.5) is 0 Å². The molecule has 2 N–H and O–H groups in total. The Balaban J connectivity index is 2.15. The lowest BCUT2D eigenvalue weighted by Crippen LogP contribution is -1.95. The summed E-state index contributed by atoms with van der Waals surface area (Å²) in [4.78, 5) is 4.23. The van der Waals surface area contributed by atoms with E-state index in [9.17, 15) is 0 Å². The summed E-state index contributed by atoms with van der Waals surface area (Å²) in [6.07, 6.45) is 2.11. The molecule has 1 aromatic carbocycles. The number of hydrogen-bond donors (Lipinski definition) is 1. The molecule has 0 radical (unpaired) electrons. The van der Waals surface area contributed by atoms with Crippen molar-refractivity contribution in [2.45, 2.75) is 13.5 Å². The number of rotatable bonds is 2. The molecule has 0 aliphatic heterocycles. The smallest absolute Gasteiger partial charge is 0.240 e. The number of fused-ring (bicyclic) bond motifs is 1. The Morgan fingerprint density at radius 2 is 2.22 bits per heavy atom. The third-order valence-electron chi connectivity index (χ3n) is 3.09. The minimum absolute atomic E-state index is 0.264. The second-order valence-electron chi connectivity index (χ2n) is 4.37. The molecule has 0 spiro atoms. The standard InChI is InChI=1S/C13H14N4O/c1-8-7-17(2)11-4-3-9(5-10(8)11)13-15-12(6-14)18-16-13/h3-5,7H,6,14H2,1-2H3. The topological polar surface area (TPSA) is 69.9 Å². The van der Waals surface area contributed by atoms with Crippen LogP contribution in [-0.4, -0.2) is 14.7 Å². The van der Waals surface area contributed by atoms with Crippen LogP contribution in [0.15, 0.2) is 28.9 Å². The third kappa shape index (κ3) is 1.60. The Bertz CT molecular complexity index is 711. The molecular weight excluding hydrogens is 228 g/mol. The van der Waals surface area contributed by atoms with E-state index in [0.29, 0.717) is 11.7 Å². The number of nitrogens with zero attached hydrogens (tertiary/aromatic N) is 3. The number of aromatic nitrogens is 3. The van der Waals surface area contributed by atoms with Crippen LogP contribution in [-0.2, 0) is 13.6 Å². The van der Waals surface area contributed by atoms with Gasteiger partial charge >= 0.3 is 0 Å². The lowest BCUT2D eigenvalue weighted by atomic mass is 10.1. The summed E-state index contributed by atoms with van der Waals surface area (Å²) in [5, 5.41) is 5.13. The van der Waals surface area contributed by atoms with Crippen molar-refractivity contribution in [2.24, 2.45) is 12.8 Å². The maximum Gasteiger partial charge on any atom is 0.240 e. The molecule has 2 aromatic heterocycles. The highest BCUT2D eigenvalue weighted by atomic mass is 16.5. The molecule has 5 nitrogen and oxygen atoms in total. The Morgan fingerprint density at radius 1 is 1.39 bits per heavy atom. The number of aryl methyl sites for hydroxylation is 2. The first-order chi connectivity index (χ1) is 8.69. The van der Waals surface area contributed by atoms with Gasteiger partial charge in [-0.1, -0.05) is 5.16 Å². The first-order valence-corrected chi connectivity index (χ1v) is 5.78. The van der Waals surface area contributed by atoms with Crippen molar-refractivity contribution < 1.29 is 4.52 Å². The minimum Gasteiger partial charge on any atom is -0.350 e. The van der Waals surface area contributed by atoms with Crippen LogP contribution in [0, 0.1) is 6.92 Å². The van der Waals surface area contributed by atoms with Gasteiger partial charge in [-0.05, 0) is 30.7 Å². The van der Waals surface area contributed by atoms with E-state index in [1.54, 1.807) is 0 Å². The van der Waals surface area contributed by atoms with Gasteiger partial charge in [-0.3, -0.25) is 0 Å². The first-order valence-electron chi connectivity index (χ1n) is 5.78. The van der Waals surface area contributed by atoms with E-state index >= 15 is 0 Å². The van der Waals surface area contributed by atoms with Crippen LogP contribution in [0.5, 0.6) is 0 Å². The molecule has 18 heavy (non-hydrogen) atoms. The molecule has 5 heteroatoms. The van der Waals surface area contributed by atoms with Gasteiger partial charge in [-0.15, -0.1) is 0 Å². The molecule has 0 fully saturated rings. The zero-order chi connectivity index (χ0) is 12.7. The first kappa shape index (κ1) is 11.0. The van der Waals surface area contributed by atoms with Crippen LogP contribution in [0.1, 0.15) is 11.5 Å². The minimum atomic E-state index is 0.264. The molecule has 0 aliphatic carbocycles. The van der Waals surface area contributed by atoms with Crippen molar-refractivity contribution in [1.29, 1.82) is 0 Å².